The molecule has 39 heavy (non-hydrogen) atoms. The van der Waals surface area contributed by atoms with Gasteiger partial charge < -0.3 is 19.6 Å². The molecule has 0 fully saturated rings. The van der Waals surface area contributed by atoms with Crippen molar-refractivity contribution in [3.05, 3.63) is 109 Å². The van der Waals surface area contributed by atoms with Crippen molar-refractivity contribution < 1.29 is 14.6 Å². The Morgan fingerprint density at radius 1 is 0.795 bits per heavy atom. The second-order valence-electron chi connectivity index (χ2n) is 9.07. The van der Waals surface area contributed by atoms with E-state index in [1.165, 1.54) is 0 Å². The number of rotatable bonds is 9. The highest BCUT2D eigenvalue weighted by molar-refractivity contribution is 5.93. The Morgan fingerprint density at radius 2 is 1.54 bits per heavy atom. The second kappa shape index (κ2) is 10.9. The predicted octanol–water partition coefficient (Wildman–Crippen LogP) is 4.75. The van der Waals surface area contributed by atoms with Crippen molar-refractivity contribution in [1.82, 2.24) is 24.3 Å². The second-order valence-corrected chi connectivity index (χ2v) is 9.07. The van der Waals surface area contributed by atoms with Crippen LogP contribution in [0.1, 0.15) is 10.5 Å². The Bertz CT molecular complexity index is 1740. The smallest absolute Gasteiger partial charge is 0.271 e. The molecule has 0 aliphatic heterocycles. The number of nitrogens with one attached hydrogen (secondary N) is 1. The summed E-state index contributed by atoms with van der Waals surface area (Å²) in [5.74, 6) is 0.620. The van der Waals surface area contributed by atoms with Crippen LogP contribution in [-0.2, 0) is 4.74 Å². The molecule has 2 N–H and O–H groups in total. The number of benzene rings is 3. The topological polar surface area (TPSA) is 93.7 Å². The lowest BCUT2D eigenvalue weighted by Gasteiger charge is -2.10. The molecule has 0 saturated heterocycles. The highest BCUT2D eigenvalue weighted by Crippen LogP contribution is 2.30. The van der Waals surface area contributed by atoms with Crippen LogP contribution < -0.4 is 5.32 Å². The number of aromatic nitrogens is 4. The van der Waals surface area contributed by atoms with Crippen LogP contribution in [0.4, 0.5) is 0 Å². The first-order chi connectivity index (χ1) is 19.2. The number of hydrogen-bond acceptors (Lipinski definition) is 5. The molecule has 0 radical (unpaired) electrons. The van der Waals surface area contributed by atoms with E-state index in [1.54, 1.807) is 6.20 Å². The van der Waals surface area contributed by atoms with Gasteiger partial charge in [-0.15, -0.1) is 0 Å². The molecule has 6 aromatic rings. The zero-order chi connectivity index (χ0) is 26.6. The highest BCUT2D eigenvalue weighted by atomic mass is 16.5. The Labute approximate surface area is 225 Å². The monoisotopic (exact) mass is 517 g/mol. The molecule has 0 aliphatic rings. The Balaban J connectivity index is 1.26. The molecule has 1 amide bonds. The molecule has 0 saturated carbocycles. The molecule has 0 aliphatic carbocycles. The number of imidazole rings is 2. The van der Waals surface area contributed by atoms with E-state index in [2.05, 4.69) is 57.3 Å². The lowest BCUT2D eigenvalue weighted by Crippen LogP contribution is -2.27. The van der Waals surface area contributed by atoms with Crippen molar-refractivity contribution in [2.24, 2.45) is 0 Å². The number of carbonyl (C=O) groups is 1. The average molecular weight is 518 g/mol. The summed E-state index contributed by atoms with van der Waals surface area (Å²) >= 11 is 0. The molecule has 0 bridgehead atoms. The van der Waals surface area contributed by atoms with Crippen molar-refractivity contribution in [2.75, 3.05) is 26.4 Å². The molecular weight excluding hydrogens is 490 g/mol. The van der Waals surface area contributed by atoms with Crippen molar-refractivity contribution in [3.8, 4) is 28.2 Å². The van der Waals surface area contributed by atoms with E-state index >= 15 is 0 Å². The molecule has 8 nitrogen and oxygen atoms in total. The molecule has 0 spiro atoms. The average Bonchev–Trinajstić information content (AvgIpc) is 3.59. The summed E-state index contributed by atoms with van der Waals surface area (Å²) in [7, 11) is 0. The molecule has 3 heterocycles. The van der Waals surface area contributed by atoms with Gasteiger partial charge in [0.05, 0.1) is 30.9 Å². The standard InChI is InChI=1S/C31H27N5O3/c37-17-19-39-18-16-32-31(38)27-21-35-20-24(14-15-29(35)33-27)22-10-12-23(13-11-22)30-34-26-8-4-5-9-28(26)36(30)25-6-2-1-3-7-25/h1-15,20-21,37H,16-19H2,(H,32,38). The van der Waals surface area contributed by atoms with E-state index in [4.69, 9.17) is 14.8 Å². The Morgan fingerprint density at radius 3 is 2.36 bits per heavy atom. The van der Waals surface area contributed by atoms with Crippen molar-refractivity contribution in [1.29, 1.82) is 0 Å². The fourth-order valence-corrected chi connectivity index (χ4v) is 4.64. The number of fused-ring (bicyclic) bond motifs is 2. The van der Waals surface area contributed by atoms with Crippen LogP contribution in [0.5, 0.6) is 0 Å². The molecule has 3 aromatic heterocycles. The van der Waals surface area contributed by atoms with Gasteiger partial charge in [0, 0.05) is 30.2 Å². The number of hydrogen-bond donors (Lipinski definition) is 2. The maximum atomic E-state index is 12.5. The van der Waals surface area contributed by atoms with Gasteiger partial charge >= 0.3 is 0 Å². The van der Waals surface area contributed by atoms with E-state index in [0.29, 0.717) is 24.5 Å². The van der Waals surface area contributed by atoms with E-state index in [9.17, 15) is 4.79 Å². The molecular formula is C31H27N5O3. The number of para-hydroxylation sites is 3. The van der Waals surface area contributed by atoms with Gasteiger partial charge in [-0.25, -0.2) is 9.97 Å². The number of carbonyl (C=O) groups excluding carboxylic acids is 1. The van der Waals surface area contributed by atoms with Gasteiger partial charge in [0.15, 0.2) is 0 Å². The summed E-state index contributed by atoms with van der Waals surface area (Å²) in [4.78, 5) is 21.9. The molecule has 6 rings (SSSR count). The first-order valence-corrected chi connectivity index (χ1v) is 12.8. The summed E-state index contributed by atoms with van der Waals surface area (Å²) in [6.07, 6.45) is 3.69. The minimum absolute atomic E-state index is 0.0411. The largest absolute Gasteiger partial charge is 0.394 e. The highest BCUT2D eigenvalue weighted by Gasteiger charge is 2.15. The van der Waals surface area contributed by atoms with Gasteiger partial charge in [-0.05, 0) is 47.5 Å². The fourth-order valence-electron chi connectivity index (χ4n) is 4.64. The third-order valence-corrected chi connectivity index (χ3v) is 6.50. The number of amides is 1. The van der Waals surface area contributed by atoms with Crippen LogP contribution in [0, 0.1) is 0 Å². The lowest BCUT2D eigenvalue weighted by molar-refractivity contribution is 0.0835. The van der Waals surface area contributed by atoms with Crippen molar-refractivity contribution >= 4 is 22.6 Å². The van der Waals surface area contributed by atoms with Gasteiger partial charge in [0.25, 0.3) is 5.91 Å². The molecule has 0 atom stereocenters. The van der Waals surface area contributed by atoms with Crippen LogP contribution in [0.3, 0.4) is 0 Å². The van der Waals surface area contributed by atoms with Crippen LogP contribution >= 0.6 is 0 Å². The van der Waals surface area contributed by atoms with E-state index < -0.39 is 0 Å². The summed E-state index contributed by atoms with van der Waals surface area (Å²) in [5, 5.41) is 11.5. The molecule has 8 heteroatoms. The Kier molecular flexibility index (Phi) is 6.86. The third-order valence-electron chi connectivity index (χ3n) is 6.50. The molecule has 3 aromatic carbocycles. The normalized spacial score (nSPS) is 11.3. The van der Waals surface area contributed by atoms with Gasteiger partial charge in [0.2, 0.25) is 0 Å². The fraction of sp³-hybridized carbons (Fsp3) is 0.129. The number of aliphatic hydroxyl groups is 1. The van der Waals surface area contributed by atoms with E-state index in [-0.39, 0.29) is 19.1 Å². The predicted molar refractivity (Wildman–Crippen MR) is 151 cm³/mol. The number of nitrogens with zero attached hydrogens (tertiary/aromatic N) is 4. The van der Waals surface area contributed by atoms with Gasteiger partial charge in [-0.3, -0.25) is 9.36 Å². The summed E-state index contributed by atoms with van der Waals surface area (Å²) < 4.78 is 9.22. The SMILES string of the molecule is O=C(NCCOCCO)c1cn2cc(-c3ccc(-c4nc5ccccc5n4-c4ccccc4)cc3)ccc2n1. The van der Waals surface area contributed by atoms with E-state index in [1.807, 2.05) is 59.1 Å². The van der Waals surface area contributed by atoms with Gasteiger partial charge in [-0.1, -0.05) is 54.6 Å². The third kappa shape index (κ3) is 5.03. The van der Waals surface area contributed by atoms with E-state index in [0.717, 1.165) is 39.2 Å². The first-order valence-electron chi connectivity index (χ1n) is 12.8. The molecule has 194 valence electrons. The number of pyridine rings is 1. The zero-order valence-corrected chi connectivity index (χ0v) is 21.2. The number of aliphatic hydroxyl groups excluding tert-OH is 1. The minimum Gasteiger partial charge on any atom is -0.394 e. The zero-order valence-electron chi connectivity index (χ0n) is 21.2. The van der Waals surface area contributed by atoms with Crippen LogP contribution in [0.15, 0.2) is 103 Å². The van der Waals surface area contributed by atoms with Crippen LogP contribution in [0.25, 0.3) is 44.9 Å². The van der Waals surface area contributed by atoms with Gasteiger partial charge in [-0.2, -0.15) is 0 Å². The number of ether oxygens (including phenoxy) is 1. The summed E-state index contributed by atoms with van der Waals surface area (Å²) in [6, 6.07) is 30.7. The first kappa shape index (κ1) is 24.5. The van der Waals surface area contributed by atoms with Crippen molar-refractivity contribution in [2.45, 2.75) is 0 Å². The minimum atomic E-state index is -0.265. The van der Waals surface area contributed by atoms with Crippen LogP contribution in [-0.4, -0.2) is 56.3 Å². The summed E-state index contributed by atoms with van der Waals surface area (Å²) in [6.45, 7) is 0.894. The molecule has 0 unspecified atom stereocenters. The maximum Gasteiger partial charge on any atom is 0.271 e. The Hall–Kier alpha value is -4.79. The maximum absolute atomic E-state index is 12.5. The van der Waals surface area contributed by atoms with Crippen molar-refractivity contribution in [3.63, 3.8) is 0 Å². The lowest BCUT2D eigenvalue weighted by atomic mass is 10.1. The quantitative estimate of drug-likeness (QED) is 0.270. The van der Waals surface area contributed by atoms with Crippen LogP contribution in [0.2, 0.25) is 0 Å². The van der Waals surface area contributed by atoms with Gasteiger partial charge in [0.1, 0.15) is 17.2 Å². The summed E-state index contributed by atoms with van der Waals surface area (Å²) in [5.41, 5.74) is 7.17.